The molecule has 0 aliphatic rings. The van der Waals surface area contributed by atoms with Gasteiger partial charge < -0.3 is 37.2 Å². The van der Waals surface area contributed by atoms with Gasteiger partial charge in [0.25, 0.3) is 0 Å². The van der Waals surface area contributed by atoms with Gasteiger partial charge >= 0.3 is 17.6 Å². The second-order valence-corrected chi connectivity index (χ2v) is 13.1. The van der Waals surface area contributed by atoms with Crippen LogP contribution in [0.3, 0.4) is 0 Å². The third-order valence-electron chi connectivity index (χ3n) is 4.80. The molecule has 8 nitrogen and oxygen atoms in total. The van der Waals surface area contributed by atoms with Gasteiger partial charge in [0.2, 0.25) is 0 Å². The third-order valence-corrected chi connectivity index (χ3v) is 11.0. The molecule has 0 aromatic rings. The van der Waals surface area contributed by atoms with Gasteiger partial charge in [0.15, 0.2) is 0 Å². The van der Waals surface area contributed by atoms with E-state index in [9.17, 15) is 0 Å². The zero-order chi connectivity index (χ0) is 22.8. The number of hydrogen-bond acceptors (Lipinski definition) is 8. The standard InChI is InChI=1S/C10H25NO3Si.C9H23NO3Si/c1-5-6-8-11-9-7-10-15(12-2,13-3)14-4;1-7-10-9(8(2)3)14(11-4,12-5)13-6/h11H,5-10H2,1-4H3;8-10H,7H2,1-6H3. The van der Waals surface area contributed by atoms with Crippen molar-refractivity contribution in [3.8, 4) is 0 Å². The van der Waals surface area contributed by atoms with Gasteiger partial charge in [0.1, 0.15) is 0 Å². The molecule has 29 heavy (non-hydrogen) atoms. The minimum Gasteiger partial charge on any atom is -0.377 e. The average Bonchev–Trinajstić information content (AvgIpc) is 2.75. The molecule has 0 heterocycles. The highest BCUT2D eigenvalue weighted by atomic mass is 28.4. The van der Waals surface area contributed by atoms with Crippen molar-refractivity contribution in [1.82, 2.24) is 10.6 Å². The van der Waals surface area contributed by atoms with E-state index in [1.165, 1.54) is 12.8 Å². The fraction of sp³-hybridized carbons (Fsp3) is 1.00. The molecule has 10 heteroatoms. The number of hydrogen-bond donors (Lipinski definition) is 2. The van der Waals surface area contributed by atoms with Crippen LogP contribution in [-0.2, 0) is 26.6 Å². The maximum absolute atomic E-state index is 5.44. The van der Waals surface area contributed by atoms with E-state index in [0.29, 0.717) is 5.92 Å². The van der Waals surface area contributed by atoms with E-state index in [1.807, 2.05) is 0 Å². The van der Waals surface area contributed by atoms with Crippen molar-refractivity contribution >= 4 is 17.6 Å². The lowest BCUT2D eigenvalue weighted by Gasteiger charge is -2.35. The van der Waals surface area contributed by atoms with E-state index < -0.39 is 17.6 Å². The molecular formula is C19H48N2O6Si2. The summed E-state index contributed by atoms with van der Waals surface area (Å²) < 4.78 is 32.3. The van der Waals surface area contributed by atoms with E-state index in [-0.39, 0.29) is 5.67 Å². The van der Waals surface area contributed by atoms with E-state index >= 15 is 0 Å². The molecule has 0 amide bonds. The second-order valence-electron chi connectivity index (χ2n) is 7.00. The summed E-state index contributed by atoms with van der Waals surface area (Å²) >= 11 is 0. The van der Waals surface area contributed by atoms with Crippen molar-refractivity contribution < 1.29 is 26.6 Å². The third kappa shape index (κ3) is 11.9. The Balaban J connectivity index is 0. The fourth-order valence-electron chi connectivity index (χ4n) is 3.03. The molecule has 0 bridgehead atoms. The Hall–Kier alpha value is 0.114. The first kappa shape index (κ1) is 31.3. The molecule has 0 saturated carbocycles. The van der Waals surface area contributed by atoms with Crippen LogP contribution in [0.2, 0.25) is 6.04 Å². The predicted molar refractivity (Wildman–Crippen MR) is 123 cm³/mol. The molecule has 0 rings (SSSR count). The largest absolute Gasteiger partial charge is 0.518 e. The van der Waals surface area contributed by atoms with E-state index in [2.05, 4.69) is 38.3 Å². The Kier molecular flexibility index (Phi) is 20.3. The fourth-order valence-corrected chi connectivity index (χ4v) is 7.29. The lowest BCUT2D eigenvalue weighted by molar-refractivity contribution is 0.0994. The van der Waals surface area contributed by atoms with Crippen molar-refractivity contribution in [2.45, 2.75) is 58.7 Å². The highest BCUT2D eigenvalue weighted by Gasteiger charge is 2.48. The summed E-state index contributed by atoms with van der Waals surface area (Å²) in [6.45, 7) is 11.5. The van der Waals surface area contributed by atoms with Crippen LogP contribution in [0.1, 0.15) is 47.0 Å². The van der Waals surface area contributed by atoms with Crippen LogP contribution in [0.25, 0.3) is 0 Å². The molecule has 0 aromatic carbocycles. The van der Waals surface area contributed by atoms with Crippen LogP contribution in [0.4, 0.5) is 0 Å². The minimum absolute atomic E-state index is 0.146. The molecule has 0 aliphatic carbocycles. The Bertz CT molecular complexity index is 343. The molecule has 0 aliphatic heterocycles. The van der Waals surface area contributed by atoms with Gasteiger partial charge in [-0.15, -0.1) is 0 Å². The molecule has 0 aromatic heterocycles. The highest BCUT2D eigenvalue weighted by molar-refractivity contribution is 6.62. The predicted octanol–water partition coefficient (Wildman–Crippen LogP) is 2.68. The SMILES string of the molecule is CCCCNCCC[Si](OC)(OC)OC.CCNC(C(C)C)[Si](OC)(OC)OC. The molecule has 0 fully saturated rings. The van der Waals surface area contributed by atoms with Gasteiger partial charge in [-0.1, -0.05) is 34.1 Å². The van der Waals surface area contributed by atoms with Crippen LogP contribution in [0.15, 0.2) is 0 Å². The molecule has 0 saturated heterocycles. The summed E-state index contributed by atoms with van der Waals surface area (Å²) in [7, 11) is 5.04. The highest BCUT2D eigenvalue weighted by Crippen LogP contribution is 2.18. The summed E-state index contributed by atoms with van der Waals surface area (Å²) in [5.74, 6) is 0.418. The van der Waals surface area contributed by atoms with Crippen LogP contribution in [0, 0.1) is 5.92 Å². The minimum atomic E-state index is -2.54. The van der Waals surface area contributed by atoms with Gasteiger partial charge in [-0.2, -0.15) is 0 Å². The topological polar surface area (TPSA) is 79.4 Å². The summed E-state index contributed by atoms with van der Waals surface area (Å²) in [4.78, 5) is 0. The molecule has 2 N–H and O–H groups in total. The number of unbranched alkanes of at least 4 members (excludes halogenated alkanes) is 1. The maximum atomic E-state index is 5.44. The van der Waals surface area contributed by atoms with Crippen molar-refractivity contribution in [1.29, 1.82) is 0 Å². The maximum Gasteiger partial charge on any atom is 0.518 e. The van der Waals surface area contributed by atoms with Crippen LogP contribution in [-0.4, -0.2) is 85.6 Å². The molecule has 0 radical (unpaired) electrons. The average molecular weight is 457 g/mol. The van der Waals surface area contributed by atoms with Gasteiger partial charge in [-0.05, 0) is 38.4 Å². The Morgan fingerprint density at radius 2 is 1.21 bits per heavy atom. The van der Waals surface area contributed by atoms with Gasteiger partial charge in [-0.3, -0.25) is 0 Å². The van der Waals surface area contributed by atoms with Crippen LogP contribution >= 0.6 is 0 Å². The van der Waals surface area contributed by atoms with Gasteiger partial charge in [0.05, 0.1) is 5.67 Å². The Labute approximate surface area is 182 Å². The first-order valence-electron chi connectivity index (χ1n) is 10.6. The second kappa shape index (κ2) is 18.8. The molecule has 0 spiro atoms. The molecule has 1 atom stereocenters. The first-order chi connectivity index (χ1) is 13.8. The van der Waals surface area contributed by atoms with Crippen LogP contribution < -0.4 is 10.6 Å². The van der Waals surface area contributed by atoms with Gasteiger partial charge in [0, 0.05) is 48.7 Å². The summed E-state index contributed by atoms with van der Waals surface area (Å²) in [5, 5.41) is 6.75. The summed E-state index contributed by atoms with van der Waals surface area (Å²) in [6, 6.07) is 0.871. The number of nitrogens with one attached hydrogen (secondary N) is 2. The van der Waals surface area contributed by atoms with Gasteiger partial charge in [-0.25, -0.2) is 0 Å². The molecular weight excluding hydrogens is 408 g/mol. The van der Waals surface area contributed by atoms with Crippen molar-refractivity contribution in [3.63, 3.8) is 0 Å². The number of rotatable bonds is 17. The van der Waals surface area contributed by atoms with Crippen molar-refractivity contribution in [2.75, 3.05) is 62.3 Å². The summed E-state index contributed by atoms with van der Waals surface area (Å²) in [5.41, 5.74) is 0.146. The van der Waals surface area contributed by atoms with E-state index in [4.69, 9.17) is 26.6 Å². The summed E-state index contributed by atoms with van der Waals surface area (Å²) in [6.07, 6.45) is 3.51. The smallest absolute Gasteiger partial charge is 0.377 e. The monoisotopic (exact) mass is 456 g/mol. The zero-order valence-electron chi connectivity index (χ0n) is 20.6. The molecule has 178 valence electrons. The van der Waals surface area contributed by atoms with E-state index in [0.717, 1.165) is 32.1 Å². The van der Waals surface area contributed by atoms with Crippen LogP contribution in [0.5, 0.6) is 0 Å². The zero-order valence-corrected chi connectivity index (χ0v) is 22.6. The normalized spacial score (nSPS) is 13.3. The lowest BCUT2D eigenvalue weighted by atomic mass is 10.2. The van der Waals surface area contributed by atoms with E-state index in [1.54, 1.807) is 42.7 Å². The van der Waals surface area contributed by atoms with Crippen molar-refractivity contribution in [2.24, 2.45) is 5.92 Å². The van der Waals surface area contributed by atoms with Crippen molar-refractivity contribution in [3.05, 3.63) is 0 Å². The Morgan fingerprint density at radius 3 is 1.55 bits per heavy atom. The lowest BCUT2D eigenvalue weighted by Crippen LogP contribution is -2.62. The quantitative estimate of drug-likeness (QED) is 0.255. The Morgan fingerprint density at radius 1 is 0.724 bits per heavy atom. The molecule has 1 unspecified atom stereocenters. The first-order valence-corrected chi connectivity index (χ1v) is 14.3.